The Labute approximate surface area is 215 Å². The van der Waals surface area contributed by atoms with E-state index in [9.17, 15) is 19.7 Å². The van der Waals surface area contributed by atoms with Crippen LogP contribution in [0.15, 0.2) is 83.1 Å². The van der Waals surface area contributed by atoms with E-state index in [1.54, 1.807) is 42.6 Å². The van der Waals surface area contributed by atoms with Gasteiger partial charge in [0, 0.05) is 39.2 Å². The number of nitrogens with one attached hydrogen (secondary N) is 2. The number of nitrogens with zero attached hydrogens (tertiary/aromatic N) is 2. The molecule has 1 aromatic heterocycles. The van der Waals surface area contributed by atoms with Crippen molar-refractivity contribution in [2.45, 2.75) is 24.0 Å². The summed E-state index contributed by atoms with van der Waals surface area (Å²) in [5.74, 6) is -0.392. The average molecular weight is 519 g/mol. The zero-order chi connectivity index (χ0) is 25.7. The first-order chi connectivity index (χ1) is 17.3. The van der Waals surface area contributed by atoms with E-state index in [-0.39, 0.29) is 17.5 Å². The van der Waals surface area contributed by atoms with E-state index in [0.717, 1.165) is 10.5 Å². The fraction of sp³-hybridized carbons (Fsp3) is 0.115. The highest BCUT2D eigenvalue weighted by Crippen LogP contribution is 2.29. The Hall–Kier alpha value is -4.02. The third-order valence-corrected chi connectivity index (χ3v) is 7.03. The fourth-order valence-corrected chi connectivity index (χ4v) is 4.90. The molecule has 0 fully saturated rings. The van der Waals surface area contributed by atoms with Gasteiger partial charge >= 0.3 is 0 Å². The first-order valence-electron chi connectivity index (χ1n) is 10.9. The summed E-state index contributed by atoms with van der Waals surface area (Å²) in [6.07, 6.45) is 0. The minimum atomic E-state index is -0.456. The van der Waals surface area contributed by atoms with Crippen molar-refractivity contribution < 1.29 is 14.5 Å². The lowest BCUT2D eigenvalue weighted by Gasteiger charge is -2.11. The number of aromatic nitrogens is 1. The van der Waals surface area contributed by atoms with Crippen molar-refractivity contribution in [2.24, 2.45) is 0 Å². The van der Waals surface area contributed by atoms with Gasteiger partial charge in [0.2, 0.25) is 5.91 Å². The van der Waals surface area contributed by atoms with Gasteiger partial charge in [-0.1, -0.05) is 29.8 Å². The lowest BCUT2D eigenvalue weighted by molar-refractivity contribution is -0.384. The van der Waals surface area contributed by atoms with Crippen LogP contribution in [0.2, 0.25) is 0 Å². The van der Waals surface area contributed by atoms with Crippen LogP contribution in [0.3, 0.4) is 0 Å². The maximum Gasteiger partial charge on any atom is 0.270 e. The van der Waals surface area contributed by atoms with E-state index in [2.05, 4.69) is 15.6 Å². The Morgan fingerprint density at radius 1 is 1.03 bits per heavy atom. The molecule has 36 heavy (non-hydrogen) atoms. The van der Waals surface area contributed by atoms with Gasteiger partial charge in [-0.2, -0.15) is 0 Å². The van der Waals surface area contributed by atoms with Gasteiger partial charge in [-0.3, -0.25) is 19.7 Å². The van der Waals surface area contributed by atoms with Crippen molar-refractivity contribution in [3.8, 4) is 11.3 Å². The Morgan fingerprint density at radius 3 is 2.50 bits per heavy atom. The van der Waals surface area contributed by atoms with Crippen molar-refractivity contribution >= 4 is 51.4 Å². The molecule has 0 bridgehead atoms. The predicted octanol–water partition coefficient (Wildman–Crippen LogP) is 6.40. The topological polar surface area (TPSA) is 114 Å². The van der Waals surface area contributed by atoms with E-state index < -0.39 is 10.2 Å². The lowest BCUT2D eigenvalue weighted by Crippen LogP contribution is -2.22. The molecule has 1 atom stereocenters. The summed E-state index contributed by atoms with van der Waals surface area (Å²) in [6, 6.07) is 20.9. The molecule has 0 aliphatic rings. The molecule has 0 saturated heterocycles. The number of amides is 2. The van der Waals surface area contributed by atoms with Gasteiger partial charge in [-0.15, -0.1) is 23.1 Å². The van der Waals surface area contributed by atoms with E-state index in [1.165, 1.54) is 35.2 Å². The van der Waals surface area contributed by atoms with Crippen LogP contribution in [0.25, 0.3) is 11.3 Å². The largest absolute Gasteiger partial charge is 0.322 e. The lowest BCUT2D eigenvalue weighted by atomic mass is 10.1. The van der Waals surface area contributed by atoms with Crippen LogP contribution in [-0.2, 0) is 4.79 Å². The van der Waals surface area contributed by atoms with E-state index in [0.29, 0.717) is 27.6 Å². The highest BCUT2D eigenvalue weighted by Gasteiger charge is 2.17. The molecule has 1 unspecified atom stereocenters. The number of benzene rings is 3. The number of carbonyl (C=O) groups is 2. The van der Waals surface area contributed by atoms with E-state index in [4.69, 9.17) is 0 Å². The smallest absolute Gasteiger partial charge is 0.270 e. The van der Waals surface area contributed by atoms with Crippen molar-refractivity contribution in [2.75, 3.05) is 10.6 Å². The number of non-ortho nitro benzene ring substituents is 1. The van der Waals surface area contributed by atoms with Crippen molar-refractivity contribution in [1.29, 1.82) is 0 Å². The van der Waals surface area contributed by atoms with Gasteiger partial charge in [-0.05, 0) is 50.2 Å². The van der Waals surface area contributed by atoms with Gasteiger partial charge in [0.25, 0.3) is 11.6 Å². The molecule has 4 rings (SSSR count). The number of aryl methyl sites for hydroxylation is 1. The minimum absolute atomic E-state index is 0.0168. The number of anilines is 2. The molecule has 3 aromatic carbocycles. The van der Waals surface area contributed by atoms with Gasteiger partial charge in [0.1, 0.15) is 0 Å². The van der Waals surface area contributed by atoms with Crippen molar-refractivity contribution in [3.63, 3.8) is 0 Å². The normalized spacial score (nSPS) is 11.5. The van der Waals surface area contributed by atoms with Gasteiger partial charge in [-0.25, -0.2) is 4.98 Å². The number of nitro groups is 1. The summed E-state index contributed by atoms with van der Waals surface area (Å²) in [5.41, 5.74) is 3.42. The van der Waals surface area contributed by atoms with Crippen LogP contribution in [0.4, 0.5) is 16.5 Å². The van der Waals surface area contributed by atoms with E-state index >= 15 is 0 Å². The Bertz CT molecular complexity index is 1420. The first kappa shape index (κ1) is 25.1. The number of carbonyl (C=O) groups excluding carboxylic acids is 2. The molecule has 0 spiro atoms. The highest BCUT2D eigenvalue weighted by atomic mass is 32.2. The van der Waals surface area contributed by atoms with Crippen molar-refractivity contribution in [1.82, 2.24) is 4.98 Å². The molecule has 0 aliphatic carbocycles. The number of thiazole rings is 1. The molecule has 0 saturated carbocycles. The van der Waals surface area contributed by atoms with Gasteiger partial charge in [0.15, 0.2) is 5.13 Å². The SMILES string of the molecule is Cc1cccc(C(=O)Nc2ccc(SC(C)C(=O)Nc3nc(-c4cccc([N+](=O)[O-])c4)cs3)cc2)c1. The second-order valence-electron chi connectivity index (χ2n) is 7.94. The second-order valence-corrected chi connectivity index (χ2v) is 10.2. The zero-order valence-corrected chi connectivity index (χ0v) is 21.1. The number of thioether (sulfide) groups is 1. The summed E-state index contributed by atoms with van der Waals surface area (Å²) in [5, 5.41) is 18.5. The summed E-state index contributed by atoms with van der Waals surface area (Å²) in [4.78, 5) is 40.9. The quantitative estimate of drug-likeness (QED) is 0.158. The number of hydrogen-bond acceptors (Lipinski definition) is 7. The number of rotatable bonds is 8. The summed E-state index contributed by atoms with van der Waals surface area (Å²) >= 11 is 2.64. The van der Waals surface area contributed by atoms with Crippen LogP contribution in [0.1, 0.15) is 22.8 Å². The summed E-state index contributed by atoms with van der Waals surface area (Å²) in [7, 11) is 0. The third kappa shape index (κ3) is 6.35. The Kier molecular flexibility index (Phi) is 7.77. The van der Waals surface area contributed by atoms with Crippen LogP contribution < -0.4 is 10.6 Å². The Balaban J connectivity index is 1.33. The first-order valence-corrected chi connectivity index (χ1v) is 12.7. The average Bonchev–Trinajstić information content (AvgIpc) is 3.33. The molecule has 1 heterocycles. The standard InChI is InChI=1S/C26H22N4O4S2/c1-16-5-3-7-19(13-16)25(32)27-20-9-11-22(12-10-20)36-17(2)24(31)29-26-28-23(15-35-26)18-6-4-8-21(14-18)30(33)34/h3-15,17H,1-2H3,(H,27,32)(H,28,29,31). The monoisotopic (exact) mass is 518 g/mol. The molecule has 10 heteroatoms. The van der Waals surface area contributed by atoms with Crippen molar-refractivity contribution in [3.05, 3.63) is 99.4 Å². The van der Waals surface area contributed by atoms with Gasteiger partial charge < -0.3 is 10.6 Å². The van der Waals surface area contributed by atoms with Crippen LogP contribution >= 0.6 is 23.1 Å². The molecule has 182 valence electrons. The zero-order valence-electron chi connectivity index (χ0n) is 19.4. The molecule has 0 radical (unpaired) electrons. The third-order valence-electron chi connectivity index (χ3n) is 5.16. The van der Waals surface area contributed by atoms with Crippen LogP contribution in [-0.4, -0.2) is 27.0 Å². The molecule has 2 N–H and O–H groups in total. The minimum Gasteiger partial charge on any atom is -0.322 e. The molecular formula is C26H22N4O4S2. The predicted molar refractivity (Wildman–Crippen MR) is 144 cm³/mol. The van der Waals surface area contributed by atoms with Gasteiger partial charge in [0.05, 0.1) is 15.9 Å². The molecular weight excluding hydrogens is 496 g/mol. The molecule has 0 aliphatic heterocycles. The highest BCUT2D eigenvalue weighted by molar-refractivity contribution is 8.00. The summed E-state index contributed by atoms with van der Waals surface area (Å²) in [6.45, 7) is 3.73. The van der Waals surface area contributed by atoms with Crippen LogP contribution in [0.5, 0.6) is 0 Å². The fourth-order valence-electron chi connectivity index (χ4n) is 3.31. The van der Waals surface area contributed by atoms with E-state index in [1.807, 2.05) is 37.3 Å². The molecule has 2 amide bonds. The molecule has 4 aromatic rings. The summed E-state index contributed by atoms with van der Waals surface area (Å²) < 4.78 is 0. The second kappa shape index (κ2) is 11.1. The van der Waals surface area contributed by atoms with Crippen LogP contribution in [0, 0.1) is 17.0 Å². The number of hydrogen-bond donors (Lipinski definition) is 2. The number of nitro benzene ring substituents is 1. The molecule has 8 nitrogen and oxygen atoms in total. The maximum absolute atomic E-state index is 12.7. The Morgan fingerprint density at radius 2 is 1.78 bits per heavy atom. The maximum atomic E-state index is 12.7.